The molecular weight excluding hydrogens is 274 g/mol. The van der Waals surface area contributed by atoms with E-state index in [1.807, 2.05) is 0 Å². The first-order valence-electron chi connectivity index (χ1n) is 5.58. The van der Waals surface area contributed by atoms with Crippen LogP contribution in [0.4, 0.5) is 0 Å². The highest BCUT2D eigenvalue weighted by Gasteiger charge is 2.44. The minimum Gasteiger partial charge on any atom is -0.451 e. The summed E-state index contributed by atoms with van der Waals surface area (Å²) in [4.78, 5) is 36.9. The van der Waals surface area contributed by atoms with E-state index in [2.05, 4.69) is 10.1 Å². The van der Waals surface area contributed by atoms with Crippen molar-refractivity contribution in [3.05, 3.63) is 5.53 Å². The van der Waals surface area contributed by atoms with Gasteiger partial charge in [-0.25, -0.2) is 4.79 Å². The SMILES string of the molecule is CC(C)(C)OC(=O)C(=[N+]=[N-])C(=O)C(Cl)C1CC(=O)N1. The molecule has 1 fully saturated rings. The lowest BCUT2D eigenvalue weighted by Gasteiger charge is -2.29. The second-order valence-electron chi connectivity index (χ2n) is 5.09. The van der Waals surface area contributed by atoms with Crippen molar-refractivity contribution in [2.75, 3.05) is 0 Å². The molecule has 0 aromatic heterocycles. The maximum absolute atomic E-state index is 11.9. The Morgan fingerprint density at radius 1 is 1.53 bits per heavy atom. The number of ether oxygens (including phenoxy) is 1. The number of esters is 1. The zero-order chi connectivity index (χ0) is 14.8. The first kappa shape index (κ1) is 15.3. The van der Waals surface area contributed by atoms with Crippen LogP contribution in [0, 0.1) is 0 Å². The first-order chi connectivity index (χ1) is 8.65. The van der Waals surface area contributed by atoms with Crippen LogP contribution in [0.25, 0.3) is 5.53 Å². The summed E-state index contributed by atoms with van der Waals surface area (Å²) >= 11 is 5.82. The molecule has 104 valence electrons. The fourth-order valence-electron chi connectivity index (χ4n) is 1.39. The summed E-state index contributed by atoms with van der Waals surface area (Å²) in [6.45, 7) is 4.82. The standard InChI is InChI=1S/C11H14ClN3O4/c1-11(2,3)19-10(18)8(15-13)9(17)7(12)5-4-6(16)14-5/h5,7H,4H2,1-3H3,(H,14,16). The minimum absolute atomic E-state index is 0.0902. The van der Waals surface area contributed by atoms with Crippen molar-refractivity contribution in [1.29, 1.82) is 0 Å². The van der Waals surface area contributed by atoms with Gasteiger partial charge in [0.1, 0.15) is 11.0 Å². The highest BCUT2D eigenvalue weighted by molar-refractivity contribution is 6.67. The van der Waals surface area contributed by atoms with Gasteiger partial charge in [-0.3, -0.25) is 9.59 Å². The fraction of sp³-hybridized carbons (Fsp3) is 0.636. The van der Waals surface area contributed by atoms with E-state index in [4.69, 9.17) is 21.9 Å². The van der Waals surface area contributed by atoms with Crippen LogP contribution in [0.15, 0.2) is 0 Å². The molecule has 0 aromatic carbocycles. The van der Waals surface area contributed by atoms with Crippen LogP contribution in [0.1, 0.15) is 27.2 Å². The molecule has 8 heteroatoms. The Morgan fingerprint density at radius 2 is 2.05 bits per heavy atom. The number of halogens is 1. The Bertz CT molecular complexity index is 469. The van der Waals surface area contributed by atoms with Gasteiger partial charge in [0.05, 0.1) is 6.04 Å². The number of hydrogen-bond donors (Lipinski definition) is 1. The van der Waals surface area contributed by atoms with Gasteiger partial charge in [-0.1, -0.05) is 0 Å². The third-order valence-electron chi connectivity index (χ3n) is 2.28. The number of rotatable bonds is 4. The van der Waals surface area contributed by atoms with Crippen molar-refractivity contribution in [1.82, 2.24) is 5.32 Å². The molecule has 1 heterocycles. The second-order valence-corrected chi connectivity index (χ2v) is 5.56. The third-order valence-corrected chi connectivity index (χ3v) is 2.78. The summed E-state index contributed by atoms with van der Waals surface area (Å²) < 4.78 is 4.92. The molecule has 1 aliphatic rings. The lowest BCUT2D eigenvalue weighted by molar-refractivity contribution is -0.152. The molecule has 1 N–H and O–H groups in total. The van der Waals surface area contributed by atoms with Gasteiger partial charge >= 0.3 is 11.7 Å². The summed E-state index contributed by atoms with van der Waals surface area (Å²) in [5, 5.41) is 1.24. The monoisotopic (exact) mass is 287 g/mol. The molecule has 0 spiro atoms. The number of carbonyl (C=O) groups is 3. The third kappa shape index (κ3) is 3.87. The number of carbonyl (C=O) groups excluding carboxylic acids is 3. The van der Waals surface area contributed by atoms with Crippen molar-refractivity contribution < 1.29 is 23.9 Å². The molecule has 2 atom stereocenters. The molecule has 19 heavy (non-hydrogen) atoms. The Labute approximate surface area is 114 Å². The van der Waals surface area contributed by atoms with Crippen molar-refractivity contribution in [3.8, 4) is 0 Å². The second kappa shape index (κ2) is 5.50. The number of nitrogens with one attached hydrogen (secondary N) is 1. The zero-order valence-corrected chi connectivity index (χ0v) is 11.5. The number of hydrogen-bond acceptors (Lipinski definition) is 4. The van der Waals surface area contributed by atoms with Gasteiger partial charge in [0.15, 0.2) is 0 Å². The van der Waals surface area contributed by atoms with Crippen LogP contribution in [0.2, 0.25) is 0 Å². The van der Waals surface area contributed by atoms with Gasteiger partial charge in [-0.05, 0) is 20.8 Å². The van der Waals surface area contributed by atoms with Gasteiger partial charge in [0.2, 0.25) is 5.91 Å². The van der Waals surface area contributed by atoms with Crippen LogP contribution >= 0.6 is 11.6 Å². The number of nitrogens with zero attached hydrogens (tertiary/aromatic N) is 2. The van der Waals surface area contributed by atoms with Crippen molar-refractivity contribution >= 4 is 35.0 Å². The van der Waals surface area contributed by atoms with E-state index < -0.39 is 34.5 Å². The quantitative estimate of drug-likeness (QED) is 0.150. The molecule has 2 unspecified atom stereocenters. The van der Waals surface area contributed by atoms with Crippen LogP contribution in [0.3, 0.4) is 0 Å². The number of alkyl halides is 1. The number of β-lactam (4-membered cyclic amide) rings is 1. The fourth-order valence-corrected chi connectivity index (χ4v) is 1.65. The van der Waals surface area contributed by atoms with Gasteiger partial charge in [0, 0.05) is 6.42 Å². The Kier molecular flexibility index (Phi) is 4.44. The van der Waals surface area contributed by atoms with E-state index in [9.17, 15) is 14.4 Å². The smallest absolute Gasteiger partial charge is 0.443 e. The molecule has 1 aliphatic heterocycles. The molecule has 0 radical (unpaired) electrons. The summed E-state index contributed by atoms with van der Waals surface area (Å²) in [5.74, 6) is -2.18. The molecule has 1 rings (SSSR count). The van der Waals surface area contributed by atoms with E-state index in [0.717, 1.165) is 0 Å². The zero-order valence-electron chi connectivity index (χ0n) is 10.8. The van der Waals surface area contributed by atoms with Gasteiger partial charge < -0.3 is 15.6 Å². The lowest BCUT2D eigenvalue weighted by Crippen LogP contribution is -2.57. The number of amides is 1. The van der Waals surface area contributed by atoms with Crippen molar-refractivity contribution in [3.63, 3.8) is 0 Å². The molecule has 0 aromatic rings. The van der Waals surface area contributed by atoms with Crippen molar-refractivity contribution in [2.45, 2.75) is 44.2 Å². The predicted octanol–water partition coefficient (Wildman–Crippen LogP) is 0.0639. The maximum Gasteiger partial charge on any atom is 0.443 e. The van der Waals surface area contributed by atoms with Crippen LogP contribution in [-0.2, 0) is 19.1 Å². The Morgan fingerprint density at radius 3 is 2.42 bits per heavy atom. The predicted molar refractivity (Wildman–Crippen MR) is 65.7 cm³/mol. The topological polar surface area (TPSA) is 109 Å². The summed E-state index contributed by atoms with van der Waals surface area (Å²) in [5.41, 5.74) is 7.14. The average Bonchev–Trinajstić information content (AvgIpc) is 2.22. The Hall–Kier alpha value is -1.72. The molecule has 0 bridgehead atoms. The highest BCUT2D eigenvalue weighted by atomic mass is 35.5. The minimum atomic E-state index is -1.17. The van der Waals surface area contributed by atoms with Gasteiger partial charge in [-0.15, -0.1) is 11.6 Å². The van der Waals surface area contributed by atoms with Gasteiger partial charge in [0.25, 0.3) is 5.78 Å². The summed E-state index contributed by atoms with van der Waals surface area (Å²) in [6, 6.07) is -0.569. The number of Topliss-reactive ketones (excluding diaryl/α,β-unsaturated/α-hetero) is 1. The normalized spacial score (nSPS) is 19.6. The molecule has 1 amide bonds. The first-order valence-corrected chi connectivity index (χ1v) is 6.02. The van der Waals surface area contributed by atoms with E-state index in [1.54, 1.807) is 20.8 Å². The summed E-state index contributed by atoms with van der Waals surface area (Å²) in [7, 11) is 0. The average molecular weight is 288 g/mol. The maximum atomic E-state index is 11.9. The number of ketones is 1. The van der Waals surface area contributed by atoms with E-state index in [1.165, 1.54) is 0 Å². The molecular formula is C11H14ClN3O4. The van der Waals surface area contributed by atoms with E-state index >= 15 is 0 Å². The van der Waals surface area contributed by atoms with Crippen molar-refractivity contribution in [2.24, 2.45) is 0 Å². The molecule has 0 aliphatic carbocycles. The highest BCUT2D eigenvalue weighted by Crippen LogP contribution is 2.16. The van der Waals surface area contributed by atoms with E-state index in [0.29, 0.717) is 0 Å². The molecule has 1 saturated heterocycles. The van der Waals surface area contributed by atoms with Gasteiger partial charge in [-0.2, -0.15) is 4.79 Å². The summed E-state index contributed by atoms with van der Waals surface area (Å²) in [6.07, 6.45) is 0.0902. The lowest BCUT2D eigenvalue weighted by atomic mass is 9.97. The largest absolute Gasteiger partial charge is 0.451 e. The van der Waals surface area contributed by atoms with Crippen LogP contribution in [0.5, 0.6) is 0 Å². The van der Waals surface area contributed by atoms with E-state index in [-0.39, 0.29) is 12.3 Å². The Balaban J connectivity index is 2.75. The van der Waals surface area contributed by atoms with Crippen LogP contribution < -0.4 is 5.32 Å². The molecule has 0 saturated carbocycles. The molecule has 7 nitrogen and oxygen atoms in total. The van der Waals surface area contributed by atoms with Crippen LogP contribution in [-0.4, -0.2) is 45.2 Å².